The minimum atomic E-state index is -0.519. The van der Waals surface area contributed by atoms with Crippen LogP contribution in [0.4, 0.5) is 4.79 Å². The number of amides is 2. The van der Waals surface area contributed by atoms with Gasteiger partial charge >= 0.3 is 6.03 Å². The van der Waals surface area contributed by atoms with Gasteiger partial charge in [-0.1, -0.05) is 13.0 Å². The summed E-state index contributed by atoms with van der Waals surface area (Å²) in [4.78, 5) is 9.93. The third-order valence-corrected chi connectivity index (χ3v) is 0.579. The molecule has 0 aliphatic heterocycles. The van der Waals surface area contributed by atoms with E-state index in [9.17, 15) is 4.79 Å². The van der Waals surface area contributed by atoms with E-state index in [-0.39, 0.29) is 0 Å². The van der Waals surface area contributed by atoms with Crippen molar-refractivity contribution in [3.8, 4) is 0 Å². The van der Waals surface area contributed by atoms with Crippen LogP contribution in [-0.4, -0.2) is 6.03 Å². The summed E-state index contributed by atoms with van der Waals surface area (Å²) in [6.07, 6.45) is 4.24. The van der Waals surface area contributed by atoms with Gasteiger partial charge in [-0.3, -0.25) is 0 Å². The van der Waals surface area contributed by atoms with Gasteiger partial charge in [0.15, 0.2) is 0 Å². The van der Waals surface area contributed by atoms with E-state index in [2.05, 4.69) is 5.32 Å². The summed E-state index contributed by atoms with van der Waals surface area (Å²) in [7, 11) is 0. The molecule has 0 heterocycles. The average Bonchev–Trinajstić information content (AvgIpc) is 1.66. The highest BCUT2D eigenvalue weighted by molar-refractivity contribution is 5.72. The molecule has 46 valence electrons. The van der Waals surface area contributed by atoms with E-state index < -0.39 is 6.03 Å². The van der Waals surface area contributed by atoms with Crippen molar-refractivity contribution in [2.75, 3.05) is 0 Å². The van der Waals surface area contributed by atoms with Crippen molar-refractivity contribution in [1.29, 1.82) is 0 Å². The van der Waals surface area contributed by atoms with Gasteiger partial charge in [0.25, 0.3) is 0 Å². The molecule has 0 aromatic carbocycles. The first-order valence-electron chi connectivity index (χ1n) is 2.48. The molecule has 0 bridgehead atoms. The minimum Gasteiger partial charge on any atom is -0.351 e. The van der Waals surface area contributed by atoms with E-state index in [1.165, 1.54) is 6.20 Å². The first kappa shape index (κ1) is 7.01. The summed E-state index contributed by atoms with van der Waals surface area (Å²) < 4.78 is 0. The second-order valence-electron chi connectivity index (χ2n) is 1.32. The zero-order valence-electron chi connectivity index (χ0n) is 4.85. The van der Waals surface area contributed by atoms with Crippen molar-refractivity contribution in [2.24, 2.45) is 5.73 Å². The molecular formula is C5H10N2O. The number of primary amides is 1. The molecule has 0 spiro atoms. The Labute approximate surface area is 48.6 Å². The minimum absolute atomic E-state index is 0.519. The first-order valence-corrected chi connectivity index (χ1v) is 2.48. The highest BCUT2D eigenvalue weighted by Gasteiger charge is 1.78. The van der Waals surface area contributed by atoms with Crippen LogP contribution in [0.15, 0.2) is 12.3 Å². The van der Waals surface area contributed by atoms with Crippen molar-refractivity contribution < 1.29 is 4.79 Å². The first-order chi connectivity index (χ1) is 3.77. The summed E-state index contributed by atoms with van der Waals surface area (Å²) in [6.45, 7) is 1.97. The molecule has 0 saturated heterocycles. The standard InChI is InChI=1S/C5H10N2O/c1-2-3-4-7-5(6)8/h3-4H,2H2,1H3,(H3,6,7,8)/b4-3+. The number of carbonyl (C=O) groups excluding carboxylic acids is 1. The lowest BCUT2D eigenvalue weighted by atomic mass is 10.5. The van der Waals surface area contributed by atoms with E-state index >= 15 is 0 Å². The van der Waals surface area contributed by atoms with Crippen LogP contribution in [-0.2, 0) is 0 Å². The molecule has 0 radical (unpaired) electrons. The molecule has 3 heteroatoms. The summed E-state index contributed by atoms with van der Waals surface area (Å²) in [5.41, 5.74) is 4.73. The van der Waals surface area contributed by atoms with Gasteiger partial charge < -0.3 is 11.1 Å². The summed E-state index contributed by atoms with van der Waals surface area (Å²) in [6, 6.07) is -0.519. The number of rotatable bonds is 2. The van der Waals surface area contributed by atoms with Crippen molar-refractivity contribution >= 4 is 6.03 Å². The third kappa shape index (κ3) is 5.01. The molecule has 0 saturated carbocycles. The number of allylic oxidation sites excluding steroid dienone is 1. The second kappa shape index (κ2) is 4.18. The SMILES string of the molecule is CC/C=C/NC(N)=O. The van der Waals surface area contributed by atoms with E-state index in [1.54, 1.807) is 0 Å². The molecule has 0 aromatic rings. The smallest absolute Gasteiger partial charge is 0.316 e. The number of nitrogens with two attached hydrogens (primary N) is 1. The Morgan fingerprint density at radius 1 is 1.88 bits per heavy atom. The molecule has 3 nitrogen and oxygen atoms in total. The second-order valence-corrected chi connectivity index (χ2v) is 1.32. The van der Waals surface area contributed by atoms with Crippen molar-refractivity contribution in [3.63, 3.8) is 0 Å². The molecule has 0 rings (SSSR count). The maximum absolute atomic E-state index is 9.93. The van der Waals surface area contributed by atoms with Gasteiger partial charge in [0, 0.05) is 6.20 Å². The molecular weight excluding hydrogens is 104 g/mol. The van der Waals surface area contributed by atoms with E-state index in [1.807, 2.05) is 13.0 Å². The molecule has 0 aliphatic carbocycles. The van der Waals surface area contributed by atoms with Crippen LogP contribution >= 0.6 is 0 Å². The molecule has 3 N–H and O–H groups in total. The summed E-state index contributed by atoms with van der Waals surface area (Å²) in [5.74, 6) is 0. The predicted octanol–water partition coefficient (Wildman–Crippen LogP) is 0.578. The lowest BCUT2D eigenvalue weighted by Gasteiger charge is -1.87. The maximum atomic E-state index is 9.93. The quantitative estimate of drug-likeness (QED) is 0.542. The number of carbonyl (C=O) groups is 1. The molecule has 0 unspecified atom stereocenters. The largest absolute Gasteiger partial charge is 0.351 e. The van der Waals surface area contributed by atoms with Crippen LogP contribution in [0.2, 0.25) is 0 Å². The van der Waals surface area contributed by atoms with Crippen LogP contribution in [0, 0.1) is 0 Å². The van der Waals surface area contributed by atoms with Crippen LogP contribution in [0.5, 0.6) is 0 Å². The van der Waals surface area contributed by atoms with E-state index in [0.29, 0.717) is 0 Å². The fourth-order valence-electron chi connectivity index (χ4n) is 0.259. The number of nitrogens with one attached hydrogen (secondary N) is 1. The van der Waals surface area contributed by atoms with Crippen LogP contribution in [0.3, 0.4) is 0 Å². The molecule has 0 aromatic heterocycles. The monoisotopic (exact) mass is 114 g/mol. The Bertz CT molecular complexity index is 98.6. The van der Waals surface area contributed by atoms with Gasteiger partial charge in [-0.15, -0.1) is 0 Å². The highest BCUT2D eigenvalue weighted by atomic mass is 16.2. The van der Waals surface area contributed by atoms with Crippen LogP contribution in [0.25, 0.3) is 0 Å². The van der Waals surface area contributed by atoms with Crippen molar-refractivity contribution in [2.45, 2.75) is 13.3 Å². The fourth-order valence-corrected chi connectivity index (χ4v) is 0.259. The molecule has 0 atom stereocenters. The van der Waals surface area contributed by atoms with Crippen LogP contribution in [0.1, 0.15) is 13.3 Å². The Balaban J connectivity index is 3.16. The van der Waals surface area contributed by atoms with E-state index in [4.69, 9.17) is 5.73 Å². The fraction of sp³-hybridized carbons (Fsp3) is 0.400. The average molecular weight is 114 g/mol. The third-order valence-electron chi connectivity index (χ3n) is 0.579. The van der Waals surface area contributed by atoms with Gasteiger partial charge in [0.2, 0.25) is 0 Å². The normalized spacial score (nSPS) is 9.62. The summed E-state index contributed by atoms with van der Waals surface area (Å²) in [5, 5.41) is 2.30. The lowest BCUT2D eigenvalue weighted by Crippen LogP contribution is -2.23. The molecule has 8 heavy (non-hydrogen) atoms. The van der Waals surface area contributed by atoms with Gasteiger partial charge in [-0.05, 0) is 6.42 Å². The molecule has 2 amide bonds. The Kier molecular flexibility index (Phi) is 3.66. The number of urea groups is 1. The van der Waals surface area contributed by atoms with Crippen LogP contribution < -0.4 is 11.1 Å². The topological polar surface area (TPSA) is 55.1 Å². The van der Waals surface area contributed by atoms with E-state index in [0.717, 1.165) is 6.42 Å². The molecule has 0 fully saturated rings. The summed E-state index contributed by atoms with van der Waals surface area (Å²) >= 11 is 0. The van der Waals surface area contributed by atoms with Crippen molar-refractivity contribution in [1.82, 2.24) is 5.32 Å². The Hall–Kier alpha value is -0.990. The van der Waals surface area contributed by atoms with Gasteiger partial charge in [0.05, 0.1) is 0 Å². The Morgan fingerprint density at radius 2 is 2.50 bits per heavy atom. The Morgan fingerprint density at radius 3 is 2.88 bits per heavy atom. The molecule has 0 aliphatic rings. The maximum Gasteiger partial charge on any atom is 0.316 e. The van der Waals surface area contributed by atoms with Gasteiger partial charge in [-0.2, -0.15) is 0 Å². The number of hydrogen-bond donors (Lipinski definition) is 2. The van der Waals surface area contributed by atoms with Gasteiger partial charge in [-0.25, -0.2) is 4.79 Å². The van der Waals surface area contributed by atoms with Crippen molar-refractivity contribution in [3.05, 3.63) is 12.3 Å². The lowest BCUT2D eigenvalue weighted by molar-refractivity contribution is 0.252. The number of hydrogen-bond acceptors (Lipinski definition) is 1. The zero-order valence-corrected chi connectivity index (χ0v) is 4.85. The predicted molar refractivity (Wildman–Crippen MR) is 32.2 cm³/mol. The zero-order chi connectivity index (χ0) is 6.41. The highest BCUT2D eigenvalue weighted by Crippen LogP contribution is 1.73. The van der Waals surface area contributed by atoms with Gasteiger partial charge in [0.1, 0.15) is 0 Å².